The Morgan fingerprint density at radius 3 is 2.28 bits per heavy atom. The topological polar surface area (TPSA) is 32.9 Å². The second-order valence-corrected chi connectivity index (χ2v) is 3.58. The van der Waals surface area contributed by atoms with Crippen molar-refractivity contribution in [3.8, 4) is 0 Å². The number of pyridine rings is 1. The Morgan fingerprint density at radius 1 is 1.11 bits per heavy atom. The molecular weight excluding hydrogens is 243 g/mol. The van der Waals surface area contributed by atoms with Gasteiger partial charge in [0.05, 0.1) is 5.56 Å². The van der Waals surface area contributed by atoms with Gasteiger partial charge in [-0.2, -0.15) is 13.2 Å². The number of benzene rings is 1. The summed E-state index contributed by atoms with van der Waals surface area (Å²) in [5.41, 5.74) is -0.864. The Bertz CT molecular complexity index is 599. The lowest BCUT2D eigenvalue weighted by Crippen LogP contribution is -2.11. The van der Waals surface area contributed by atoms with E-state index in [0.717, 1.165) is 6.07 Å². The van der Waals surface area contributed by atoms with Crippen LogP contribution in [0.5, 0.6) is 0 Å². The maximum Gasteiger partial charge on any atom is 0.417 e. The number of aromatic nitrogens is 1. The molecule has 0 fully saturated rings. The van der Waals surface area contributed by atoms with E-state index in [1.54, 1.807) is 0 Å². The summed E-state index contributed by atoms with van der Waals surface area (Å²) in [5, 5.41) is -0.00308. The molecule has 0 amide bonds. The molecule has 0 atom stereocenters. The highest BCUT2D eigenvalue weighted by molar-refractivity contribution is 5.85. The van der Waals surface area contributed by atoms with Crippen LogP contribution in [-0.2, 0) is 6.18 Å². The van der Waals surface area contributed by atoms with Crippen LogP contribution >= 0.6 is 0 Å². The van der Waals surface area contributed by atoms with Crippen molar-refractivity contribution < 1.29 is 13.2 Å². The molecule has 0 spiro atoms. The maximum absolute atomic E-state index is 12.7. The first kappa shape index (κ1) is 14.3. The molecule has 98 valence electrons. The highest BCUT2D eigenvalue weighted by Gasteiger charge is 2.32. The Kier molecular flexibility index (Phi) is 4.16. The molecule has 18 heavy (non-hydrogen) atoms. The predicted octanol–water partition coefficient (Wildman–Crippen LogP) is 3.88. The van der Waals surface area contributed by atoms with Crippen LogP contribution in [0.2, 0.25) is 0 Å². The van der Waals surface area contributed by atoms with Gasteiger partial charge in [-0.25, -0.2) is 0 Å². The smallest absolute Gasteiger partial charge is 0.329 e. The molecule has 1 aromatic heterocycles. The van der Waals surface area contributed by atoms with Gasteiger partial charge in [-0.05, 0) is 30.7 Å². The van der Waals surface area contributed by atoms with Gasteiger partial charge >= 0.3 is 6.18 Å². The van der Waals surface area contributed by atoms with Crippen LogP contribution in [0.15, 0.2) is 29.2 Å². The first-order valence-electron chi connectivity index (χ1n) is 5.59. The minimum absolute atomic E-state index is 0.0647. The molecule has 0 aliphatic heterocycles. The molecule has 0 unspecified atom stereocenters. The quantitative estimate of drug-likeness (QED) is 0.763. The highest BCUT2D eigenvalue weighted by atomic mass is 19.4. The Morgan fingerprint density at radius 2 is 1.72 bits per heavy atom. The van der Waals surface area contributed by atoms with E-state index >= 15 is 0 Å². The number of H-pyrrole nitrogens is 1. The zero-order chi connectivity index (χ0) is 13.9. The van der Waals surface area contributed by atoms with Gasteiger partial charge in [0.15, 0.2) is 0 Å². The number of aromatic amines is 1. The summed E-state index contributed by atoms with van der Waals surface area (Å²) in [7, 11) is 0. The van der Waals surface area contributed by atoms with E-state index in [-0.39, 0.29) is 10.8 Å². The highest BCUT2D eigenvalue weighted by Crippen LogP contribution is 2.34. The summed E-state index contributed by atoms with van der Waals surface area (Å²) in [6.45, 7) is 5.53. The minimum atomic E-state index is -4.45. The lowest BCUT2D eigenvalue weighted by Gasteiger charge is -2.10. The Hall–Kier alpha value is -1.78. The monoisotopic (exact) mass is 257 g/mol. The van der Waals surface area contributed by atoms with Gasteiger partial charge in [-0.15, -0.1) is 0 Å². The molecule has 0 bridgehead atoms. The van der Waals surface area contributed by atoms with Crippen LogP contribution in [-0.4, -0.2) is 4.98 Å². The molecule has 0 saturated carbocycles. The van der Waals surface area contributed by atoms with Crippen molar-refractivity contribution in [3.63, 3.8) is 0 Å². The van der Waals surface area contributed by atoms with Gasteiger partial charge in [0.1, 0.15) is 0 Å². The average Bonchev–Trinajstić information content (AvgIpc) is 2.31. The molecule has 1 N–H and O–H groups in total. The third kappa shape index (κ3) is 2.72. The van der Waals surface area contributed by atoms with Crippen molar-refractivity contribution >= 4 is 10.8 Å². The predicted molar refractivity (Wildman–Crippen MR) is 65.7 cm³/mol. The maximum atomic E-state index is 12.7. The standard InChI is InChI=1S/C11H8F3NO.C2H6/c1-6-4-8-7(2-3-15-10(8)16)9(5-6)11(12,13)14;1-2/h2-5H,1H3,(H,15,16);1-2H3. The van der Waals surface area contributed by atoms with Gasteiger partial charge in [0.2, 0.25) is 0 Å². The van der Waals surface area contributed by atoms with Crippen molar-refractivity contribution in [2.75, 3.05) is 0 Å². The Labute approximate surface area is 102 Å². The second kappa shape index (κ2) is 5.25. The van der Waals surface area contributed by atoms with Crippen molar-refractivity contribution in [1.82, 2.24) is 4.98 Å². The molecule has 2 rings (SSSR count). The third-order valence-corrected chi connectivity index (χ3v) is 2.34. The summed E-state index contributed by atoms with van der Waals surface area (Å²) in [6.07, 6.45) is -3.23. The summed E-state index contributed by atoms with van der Waals surface area (Å²) in [6, 6.07) is 3.75. The number of hydrogen-bond donors (Lipinski definition) is 1. The van der Waals surface area contributed by atoms with Crippen molar-refractivity contribution in [2.24, 2.45) is 0 Å². The largest absolute Gasteiger partial charge is 0.417 e. The van der Waals surface area contributed by atoms with Crippen LogP contribution in [0, 0.1) is 6.92 Å². The van der Waals surface area contributed by atoms with E-state index in [2.05, 4.69) is 4.98 Å². The fourth-order valence-electron chi connectivity index (χ4n) is 1.68. The van der Waals surface area contributed by atoms with E-state index < -0.39 is 17.3 Å². The number of hydrogen-bond acceptors (Lipinski definition) is 1. The number of halogens is 3. The van der Waals surface area contributed by atoms with E-state index in [9.17, 15) is 18.0 Å². The molecule has 1 heterocycles. The number of rotatable bonds is 0. The molecule has 2 nitrogen and oxygen atoms in total. The van der Waals surface area contributed by atoms with Crippen LogP contribution in [0.25, 0.3) is 10.8 Å². The molecule has 0 radical (unpaired) electrons. The first-order chi connectivity index (χ1) is 8.39. The summed E-state index contributed by atoms with van der Waals surface area (Å²) in [5.74, 6) is 0. The lowest BCUT2D eigenvalue weighted by molar-refractivity contribution is -0.136. The average molecular weight is 257 g/mol. The van der Waals surface area contributed by atoms with E-state index in [1.807, 2.05) is 13.8 Å². The van der Waals surface area contributed by atoms with Crippen molar-refractivity contribution in [1.29, 1.82) is 0 Å². The van der Waals surface area contributed by atoms with Crippen molar-refractivity contribution in [3.05, 3.63) is 45.9 Å². The number of fused-ring (bicyclic) bond motifs is 1. The number of aryl methyl sites for hydroxylation is 1. The van der Waals surface area contributed by atoms with Gasteiger partial charge in [0, 0.05) is 17.0 Å². The van der Waals surface area contributed by atoms with Gasteiger partial charge in [-0.1, -0.05) is 13.8 Å². The SMILES string of the molecule is CC.Cc1cc(C(F)(F)F)c2cc[nH]c(=O)c2c1. The van der Waals surface area contributed by atoms with E-state index in [1.165, 1.54) is 25.3 Å². The molecule has 0 aliphatic carbocycles. The molecule has 0 aliphatic rings. The zero-order valence-corrected chi connectivity index (χ0v) is 10.4. The summed E-state index contributed by atoms with van der Waals surface area (Å²) >= 11 is 0. The zero-order valence-electron chi connectivity index (χ0n) is 10.4. The third-order valence-electron chi connectivity index (χ3n) is 2.34. The first-order valence-corrected chi connectivity index (χ1v) is 5.59. The lowest BCUT2D eigenvalue weighted by atomic mass is 10.0. The van der Waals surface area contributed by atoms with Crippen molar-refractivity contribution in [2.45, 2.75) is 26.9 Å². The van der Waals surface area contributed by atoms with E-state index in [0.29, 0.717) is 5.56 Å². The fourth-order valence-corrected chi connectivity index (χ4v) is 1.68. The van der Waals surface area contributed by atoms with Gasteiger partial charge in [-0.3, -0.25) is 4.79 Å². The van der Waals surface area contributed by atoms with Crippen LogP contribution in [0.4, 0.5) is 13.2 Å². The van der Waals surface area contributed by atoms with Crippen LogP contribution in [0.3, 0.4) is 0 Å². The van der Waals surface area contributed by atoms with E-state index in [4.69, 9.17) is 0 Å². The minimum Gasteiger partial charge on any atom is -0.329 e. The summed E-state index contributed by atoms with van der Waals surface area (Å²) in [4.78, 5) is 13.7. The number of nitrogens with one attached hydrogen (secondary N) is 1. The molecular formula is C13H14F3NO. The second-order valence-electron chi connectivity index (χ2n) is 3.58. The number of alkyl halides is 3. The van der Waals surface area contributed by atoms with Crippen LogP contribution < -0.4 is 5.56 Å². The van der Waals surface area contributed by atoms with Gasteiger partial charge in [0.25, 0.3) is 5.56 Å². The normalized spacial score (nSPS) is 11.0. The Balaban J connectivity index is 0.000000771. The molecule has 0 saturated heterocycles. The van der Waals surface area contributed by atoms with Gasteiger partial charge < -0.3 is 4.98 Å². The molecule has 2 aromatic rings. The molecule has 1 aromatic carbocycles. The summed E-state index contributed by atoms with van der Waals surface area (Å²) < 4.78 is 38.2. The molecule has 5 heteroatoms. The van der Waals surface area contributed by atoms with Crippen LogP contribution in [0.1, 0.15) is 25.0 Å². The fraction of sp³-hybridized carbons (Fsp3) is 0.308.